The number of hydrazone groups is 1. The van der Waals surface area contributed by atoms with Crippen LogP contribution in [-0.2, 0) is 11.2 Å². The number of aryl methyl sites for hydroxylation is 1. The highest BCUT2D eigenvalue weighted by molar-refractivity contribution is 7.09. The Balaban J connectivity index is 1.82. The van der Waals surface area contributed by atoms with Crippen molar-refractivity contribution in [1.29, 1.82) is 0 Å². The first-order chi connectivity index (χ1) is 7.74. The predicted octanol–water partition coefficient (Wildman–Crippen LogP) is 2.04. The molecule has 16 heavy (non-hydrogen) atoms. The van der Waals surface area contributed by atoms with E-state index in [0.717, 1.165) is 29.3 Å². The van der Waals surface area contributed by atoms with Gasteiger partial charge in [-0.05, 0) is 32.6 Å². The van der Waals surface area contributed by atoms with E-state index in [1.807, 2.05) is 12.3 Å². The van der Waals surface area contributed by atoms with Crippen LogP contribution in [0.15, 0.2) is 10.5 Å². The molecule has 1 N–H and O–H groups in total. The third-order valence-electron chi connectivity index (χ3n) is 2.53. The predicted molar refractivity (Wildman–Crippen MR) is 64.6 cm³/mol. The second kappa shape index (κ2) is 5.21. The Bertz CT molecular complexity index is 403. The number of hydrogen-bond acceptors (Lipinski definition) is 4. The van der Waals surface area contributed by atoms with E-state index >= 15 is 0 Å². The number of carbonyl (C=O) groups excluding carboxylic acids is 1. The summed E-state index contributed by atoms with van der Waals surface area (Å²) in [5, 5.41) is 7.02. The van der Waals surface area contributed by atoms with E-state index in [0.29, 0.717) is 6.42 Å². The number of rotatable bonds is 3. The van der Waals surface area contributed by atoms with Gasteiger partial charge in [0.25, 0.3) is 0 Å². The molecule has 0 aliphatic heterocycles. The number of amides is 1. The van der Waals surface area contributed by atoms with Gasteiger partial charge in [-0.3, -0.25) is 4.79 Å². The molecule has 0 spiro atoms. The average Bonchev–Trinajstić information content (AvgIpc) is 2.87. The molecule has 0 aromatic carbocycles. The van der Waals surface area contributed by atoms with Crippen molar-refractivity contribution in [2.75, 3.05) is 0 Å². The molecule has 1 amide bonds. The highest BCUT2D eigenvalue weighted by Crippen LogP contribution is 2.14. The van der Waals surface area contributed by atoms with Gasteiger partial charge >= 0.3 is 0 Å². The number of nitrogens with zero attached hydrogens (tertiary/aromatic N) is 2. The van der Waals surface area contributed by atoms with Crippen LogP contribution < -0.4 is 5.43 Å². The molecule has 0 atom stereocenters. The van der Waals surface area contributed by atoms with E-state index in [2.05, 4.69) is 15.5 Å². The van der Waals surface area contributed by atoms with Gasteiger partial charge < -0.3 is 0 Å². The summed E-state index contributed by atoms with van der Waals surface area (Å²) in [5.74, 6) is -0.0790. The summed E-state index contributed by atoms with van der Waals surface area (Å²) in [4.78, 5) is 15.8. The molecule has 0 bridgehead atoms. The number of thiazole rings is 1. The van der Waals surface area contributed by atoms with Crippen LogP contribution in [0.1, 0.15) is 36.4 Å². The van der Waals surface area contributed by atoms with Crippen molar-refractivity contribution < 1.29 is 4.79 Å². The zero-order valence-electron chi connectivity index (χ0n) is 9.32. The number of aromatic nitrogens is 1. The Hall–Kier alpha value is -1.23. The quantitative estimate of drug-likeness (QED) is 0.818. The molecule has 1 heterocycles. The van der Waals surface area contributed by atoms with Crippen molar-refractivity contribution in [3.05, 3.63) is 16.1 Å². The van der Waals surface area contributed by atoms with Gasteiger partial charge in [0.1, 0.15) is 0 Å². The third-order valence-corrected chi connectivity index (χ3v) is 3.35. The van der Waals surface area contributed by atoms with Gasteiger partial charge in [-0.15, -0.1) is 11.3 Å². The lowest BCUT2D eigenvalue weighted by molar-refractivity contribution is -0.120. The van der Waals surface area contributed by atoms with E-state index in [4.69, 9.17) is 0 Å². The van der Waals surface area contributed by atoms with Crippen LogP contribution in [0.2, 0.25) is 0 Å². The summed E-state index contributed by atoms with van der Waals surface area (Å²) in [6.45, 7) is 1.94. The van der Waals surface area contributed by atoms with E-state index in [1.165, 1.54) is 12.8 Å². The summed E-state index contributed by atoms with van der Waals surface area (Å²) >= 11 is 1.56. The van der Waals surface area contributed by atoms with Gasteiger partial charge in [0, 0.05) is 11.1 Å². The van der Waals surface area contributed by atoms with Gasteiger partial charge in [0.15, 0.2) is 0 Å². The summed E-state index contributed by atoms with van der Waals surface area (Å²) in [6.07, 6.45) is 4.76. The van der Waals surface area contributed by atoms with E-state index in [9.17, 15) is 4.79 Å². The minimum atomic E-state index is -0.0790. The molecule has 1 saturated carbocycles. The maximum Gasteiger partial charge on any atom is 0.246 e. The number of hydrogen-bond donors (Lipinski definition) is 1. The molecule has 86 valence electrons. The highest BCUT2D eigenvalue weighted by Gasteiger charge is 2.09. The molecular formula is C11H15N3OS. The highest BCUT2D eigenvalue weighted by atomic mass is 32.1. The zero-order chi connectivity index (χ0) is 11.4. The molecule has 5 heteroatoms. The smallest absolute Gasteiger partial charge is 0.246 e. The van der Waals surface area contributed by atoms with E-state index in [1.54, 1.807) is 11.3 Å². The minimum absolute atomic E-state index is 0.0790. The van der Waals surface area contributed by atoms with Gasteiger partial charge in [0.05, 0.1) is 17.1 Å². The van der Waals surface area contributed by atoms with Crippen LogP contribution in [0.4, 0.5) is 0 Å². The lowest BCUT2D eigenvalue weighted by atomic mass is 10.3. The molecule has 1 aliphatic rings. The lowest BCUT2D eigenvalue weighted by Gasteiger charge is -1.98. The Kier molecular flexibility index (Phi) is 3.66. The molecule has 1 aliphatic carbocycles. The van der Waals surface area contributed by atoms with Crippen LogP contribution in [0.25, 0.3) is 0 Å². The largest absolute Gasteiger partial charge is 0.273 e. The van der Waals surface area contributed by atoms with Gasteiger partial charge in [0.2, 0.25) is 5.91 Å². The number of carbonyl (C=O) groups is 1. The Morgan fingerprint density at radius 2 is 2.31 bits per heavy atom. The molecule has 0 radical (unpaired) electrons. The molecule has 0 saturated heterocycles. The molecule has 0 unspecified atom stereocenters. The van der Waals surface area contributed by atoms with Crippen LogP contribution in [0.3, 0.4) is 0 Å². The summed E-state index contributed by atoms with van der Waals surface area (Å²) in [5.41, 5.74) is 4.54. The monoisotopic (exact) mass is 237 g/mol. The Labute approximate surface area is 98.8 Å². The van der Waals surface area contributed by atoms with E-state index < -0.39 is 0 Å². The first-order valence-corrected chi connectivity index (χ1v) is 6.37. The first kappa shape index (κ1) is 11.3. The molecule has 1 fully saturated rings. The van der Waals surface area contributed by atoms with Crippen molar-refractivity contribution in [3.63, 3.8) is 0 Å². The van der Waals surface area contributed by atoms with Crippen molar-refractivity contribution in [2.24, 2.45) is 5.10 Å². The molecule has 4 nitrogen and oxygen atoms in total. The maximum atomic E-state index is 11.5. The maximum absolute atomic E-state index is 11.5. The Morgan fingerprint density at radius 3 is 2.94 bits per heavy atom. The normalized spacial score (nSPS) is 15.2. The zero-order valence-corrected chi connectivity index (χ0v) is 10.1. The molecule has 1 aromatic rings. The average molecular weight is 237 g/mol. The van der Waals surface area contributed by atoms with Crippen molar-refractivity contribution in [1.82, 2.24) is 10.4 Å². The van der Waals surface area contributed by atoms with Gasteiger partial charge in [-0.1, -0.05) is 0 Å². The summed E-state index contributed by atoms with van der Waals surface area (Å²) < 4.78 is 0. The van der Waals surface area contributed by atoms with E-state index in [-0.39, 0.29) is 5.91 Å². The summed E-state index contributed by atoms with van der Waals surface area (Å²) in [6, 6.07) is 0. The van der Waals surface area contributed by atoms with Crippen molar-refractivity contribution in [3.8, 4) is 0 Å². The van der Waals surface area contributed by atoms with Crippen LogP contribution >= 0.6 is 11.3 Å². The standard InChI is InChI=1S/C11H15N3OS/c1-8-12-10(7-16-8)6-11(15)14-13-9-4-2-3-5-9/h7H,2-6H2,1H3,(H,14,15). The Morgan fingerprint density at radius 1 is 1.56 bits per heavy atom. The SMILES string of the molecule is Cc1nc(CC(=O)NN=C2CCCC2)cs1. The van der Waals surface area contributed by atoms with Gasteiger partial charge in [-0.25, -0.2) is 10.4 Å². The first-order valence-electron chi connectivity index (χ1n) is 5.49. The van der Waals surface area contributed by atoms with Crippen molar-refractivity contribution in [2.45, 2.75) is 39.0 Å². The fourth-order valence-corrected chi connectivity index (χ4v) is 2.34. The second-order valence-electron chi connectivity index (χ2n) is 3.95. The van der Waals surface area contributed by atoms with Crippen LogP contribution in [0, 0.1) is 6.92 Å². The number of nitrogens with one attached hydrogen (secondary N) is 1. The minimum Gasteiger partial charge on any atom is -0.273 e. The molecule has 1 aromatic heterocycles. The van der Waals surface area contributed by atoms with Crippen LogP contribution in [0.5, 0.6) is 0 Å². The fraction of sp³-hybridized carbons (Fsp3) is 0.545. The third kappa shape index (κ3) is 3.13. The van der Waals surface area contributed by atoms with Gasteiger partial charge in [-0.2, -0.15) is 5.10 Å². The fourth-order valence-electron chi connectivity index (χ4n) is 1.73. The molecule has 2 rings (SSSR count). The molecular weight excluding hydrogens is 222 g/mol. The second-order valence-corrected chi connectivity index (χ2v) is 5.02. The summed E-state index contributed by atoms with van der Waals surface area (Å²) in [7, 11) is 0. The van der Waals surface area contributed by atoms with Crippen molar-refractivity contribution >= 4 is 23.0 Å². The topological polar surface area (TPSA) is 54.4 Å². The van der Waals surface area contributed by atoms with Crippen LogP contribution in [-0.4, -0.2) is 16.6 Å². The lowest BCUT2D eigenvalue weighted by Crippen LogP contribution is -2.21.